The molecule has 0 bridgehead atoms. The van der Waals surface area contributed by atoms with Gasteiger partial charge in [0, 0.05) is 16.1 Å². The van der Waals surface area contributed by atoms with Gasteiger partial charge in [0.1, 0.15) is 5.76 Å². The van der Waals surface area contributed by atoms with E-state index in [1.54, 1.807) is 30.2 Å². The third-order valence-corrected chi connectivity index (χ3v) is 4.59. The van der Waals surface area contributed by atoms with Crippen LogP contribution in [-0.2, 0) is 9.53 Å². The molecular weight excluding hydrogens is 268 g/mol. The van der Waals surface area contributed by atoms with Crippen LogP contribution in [0.1, 0.15) is 12.8 Å². The number of rotatable bonds is 1. The summed E-state index contributed by atoms with van der Waals surface area (Å²) in [5, 5.41) is -0.221. The molecule has 1 unspecified atom stereocenters. The number of thioether (sulfide) groups is 1. The molecule has 0 fully saturated rings. The zero-order valence-corrected chi connectivity index (χ0v) is 11.1. The van der Waals surface area contributed by atoms with Gasteiger partial charge in [-0.1, -0.05) is 18.2 Å². The third-order valence-electron chi connectivity index (χ3n) is 3.00. The molecule has 18 heavy (non-hydrogen) atoms. The van der Waals surface area contributed by atoms with Crippen molar-refractivity contribution in [3.05, 3.63) is 58.5 Å². The normalized spacial score (nSPS) is 25.5. The van der Waals surface area contributed by atoms with Gasteiger partial charge >= 0.3 is 0 Å². The minimum atomic E-state index is -0.433. The van der Waals surface area contributed by atoms with Crippen LogP contribution < -0.4 is 0 Å². The second kappa shape index (κ2) is 4.82. The van der Waals surface area contributed by atoms with Crippen LogP contribution in [0.15, 0.2) is 58.5 Å². The van der Waals surface area contributed by atoms with Crippen LogP contribution in [0.4, 0.5) is 0 Å². The lowest BCUT2D eigenvalue weighted by Crippen LogP contribution is -2.08. The van der Waals surface area contributed by atoms with E-state index in [4.69, 9.17) is 16.3 Å². The van der Waals surface area contributed by atoms with Crippen LogP contribution in [0.2, 0.25) is 0 Å². The van der Waals surface area contributed by atoms with Crippen molar-refractivity contribution in [3.63, 3.8) is 0 Å². The number of hydrogen-bond acceptors (Lipinski definition) is 3. The highest BCUT2D eigenvalue weighted by molar-refractivity contribution is 8.04. The average Bonchev–Trinajstić information content (AvgIpc) is 2.56. The van der Waals surface area contributed by atoms with Crippen LogP contribution >= 0.6 is 23.4 Å². The first-order valence-corrected chi connectivity index (χ1v) is 7.02. The fraction of sp³-hybridized carbons (Fsp3) is 0.214. The van der Waals surface area contributed by atoms with Crippen LogP contribution in [0.25, 0.3) is 0 Å². The lowest BCUT2D eigenvalue weighted by molar-refractivity contribution is -0.108. The van der Waals surface area contributed by atoms with E-state index in [9.17, 15) is 4.79 Å². The van der Waals surface area contributed by atoms with Gasteiger partial charge in [-0.05, 0) is 36.6 Å². The molecule has 1 heterocycles. The molecule has 0 spiro atoms. The van der Waals surface area contributed by atoms with Gasteiger partial charge in [-0.3, -0.25) is 4.79 Å². The molecule has 0 aromatic rings. The molecule has 0 amide bonds. The lowest BCUT2D eigenvalue weighted by atomic mass is 10.0. The van der Waals surface area contributed by atoms with Gasteiger partial charge in [-0.15, -0.1) is 11.8 Å². The minimum absolute atomic E-state index is 0.212. The molecule has 0 saturated heterocycles. The number of allylic oxidation sites excluding steroid dienone is 6. The number of ether oxygens (including phenoxy) is 1. The fourth-order valence-electron chi connectivity index (χ4n) is 2.07. The number of halogens is 1. The summed E-state index contributed by atoms with van der Waals surface area (Å²) >= 11 is 7.28. The molecule has 1 aliphatic heterocycles. The SMILES string of the molecule is O=C(Cl)C1=CC2=COC3=C(CCC=C3)SC2C=C1. The Morgan fingerprint density at radius 1 is 1.44 bits per heavy atom. The monoisotopic (exact) mass is 278 g/mol. The molecule has 92 valence electrons. The van der Waals surface area contributed by atoms with Crippen molar-refractivity contribution in [2.45, 2.75) is 18.1 Å². The lowest BCUT2D eigenvalue weighted by Gasteiger charge is -2.17. The van der Waals surface area contributed by atoms with Crippen LogP contribution in [0.3, 0.4) is 0 Å². The summed E-state index contributed by atoms with van der Waals surface area (Å²) in [5.41, 5.74) is 1.49. The van der Waals surface area contributed by atoms with E-state index in [1.165, 1.54) is 4.91 Å². The van der Waals surface area contributed by atoms with Crippen LogP contribution in [0.5, 0.6) is 0 Å². The molecule has 0 radical (unpaired) electrons. The molecule has 4 heteroatoms. The van der Waals surface area contributed by atoms with Gasteiger partial charge in [0.2, 0.25) is 0 Å². The molecule has 0 aromatic carbocycles. The summed E-state index contributed by atoms with van der Waals surface area (Å²) < 4.78 is 5.68. The van der Waals surface area contributed by atoms with E-state index >= 15 is 0 Å². The summed E-state index contributed by atoms with van der Waals surface area (Å²) in [4.78, 5) is 12.4. The highest BCUT2D eigenvalue weighted by atomic mass is 35.5. The Hall–Kier alpha value is -1.19. The van der Waals surface area contributed by atoms with Crippen molar-refractivity contribution in [1.82, 2.24) is 0 Å². The maximum Gasteiger partial charge on any atom is 0.252 e. The van der Waals surface area contributed by atoms with E-state index in [0.717, 1.165) is 24.2 Å². The molecule has 0 saturated carbocycles. The summed E-state index contributed by atoms with van der Waals surface area (Å²) in [5.74, 6) is 0.925. The van der Waals surface area contributed by atoms with Crippen molar-refractivity contribution in [2.75, 3.05) is 0 Å². The largest absolute Gasteiger partial charge is 0.464 e. The molecule has 0 N–H and O–H groups in total. The molecular formula is C14H11ClO2S. The minimum Gasteiger partial charge on any atom is -0.464 e. The number of carbonyl (C=O) groups excluding carboxylic acids is 1. The average molecular weight is 279 g/mol. The Bertz CT molecular complexity index is 552. The topological polar surface area (TPSA) is 26.3 Å². The van der Waals surface area contributed by atoms with Gasteiger partial charge < -0.3 is 4.74 Å². The Balaban J connectivity index is 1.91. The van der Waals surface area contributed by atoms with Gasteiger partial charge in [-0.25, -0.2) is 0 Å². The van der Waals surface area contributed by atoms with E-state index in [0.29, 0.717) is 5.57 Å². The second-order valence-electron chi connectivity index (χ2n) is 4.24. The summed E-state index contributed by atoms with van der Waals surface area (Å²) in [6, 6.07) is 0. The highest BCUT2D eigenvalue weighted by Gasteiger charge is 2.24. The second-order valence-corrected chi connectivity index (χ2v) is 5.81. The van der Waals surface area contributed by atoms with Gasteiger partial charge in [0.15, 0.2) is 0 Å². The van der Waals surface area contributed by atoms with Crippen LogP contribution in [-0.4, -0.2) is 10.5 Å². The zero-order chi connectivity index (χ0) is 12.5. The van der Waals surface area contributed by atoms with E-state index < -0.39 is 5.24 Å². The van der Waals surface area contributed by atoms with E-state index in [-0.39, 0.29) is 5.25 Å². The highest BCUT2D eigenvalue weighted by Crippen LogP contribution is 2.40. The molecule has 1 atom stereocenters. The molecule has 0 aromatic heterocycles. The van der Waals surface area contributed by atoms with Crippen molar-refractivity contribution < 1.29 is 9.53 Å². The predicted molar refractivity (Wildman–Crippen MR) is 74.0 cm³/mol. The van der Waals surface area contributed by atoms with Gasteiger partial charge in [0.25, 0.3) is 5.24 Å². The van der Waals surface area contributed by atoms with Crippen molar-refractivity contribution in [2.24, 2.45) is 0 Å². The quantitative estimate of drug-likeness (QED) is 0.682. The molecule has 2 aliphatic carbocycles. The van der Waals surface area contributed by atoms with Crippen molar-refractivity contribution in [3.8, 4) is 0 Å². The first-order chi connectivity index (χ1) is 8.74. The zero-order valence-electron chi connectivity index (χ0n) is 9.56. The maximum absolute atomic E-state index is 11.2. The van der Waals surface area contributed by atoms with Gasteiger partial charge in [-0.2, -0.15) is 0 Å². The predicted octanol–water partition coefficient (Wildman–Crippen LogP) is 3.83. The molecule has 3 aliphatic rings. The first kappa shape index (κ1) is 11.9. The fourth-order valence-corrected chi connectivity index (χ4v) is 3.38. The van der Waals surface area contributed by atoms with E-state index in [1.807, 2.05) is 12.2 Å². The van der Waals surface area contributed by atoms with Gasteiger partial charge in [0.05, 0.1) is 11.5 Å². The summed E-state index contributed by atoms with van der Waals surface area (Å²) in [7, 11) is 0. The summed E-state index contributed by atoms with van der Waals surface area (Å²) in [6.07, 6.45) is 13.5. The Labute approximate surface area is 115 Å². The van der Waals surface area contributed by atoms with Crippen LogP contribution in [0, 0.1) is 0 Å². The number of hydrogen-bond donors (Lipinski definition) is 0. The Kier molecular flexibility index (Phi) is 3.18. The van der Waals surface area contributed by atoms with E-state index in [2.05, 4.69) is 6.08 Å². The Morgan fingerprint density at radius 3 is 3.17 bits per heavy atom. The first-order valence-electron chi connectivity index (χ1n) is 5.77. The van der Waals surface area contributed by atoms with Crippen molar-refractivity contribution >= 4 is 28.6 Å². The Morgan fingerprint density at radius 2 is 2.33 bits per heavy atom. The number of fused-ring (bicyclic) bond motifs is 1. The smallest absolute Gasteiger partial charge is 0.252 e. The molecule has 3 rings (SSSR count). The third kappa shape index (κ3) is 2.20. The molecule has 2 nitrogen and oxygen atoms in total. The van der Waals surface area contributed by atoms with Crippen molar-refractivity contribution in [1.29, 1.82) is 0 Å². The number of carbonyl (C=O) groups is 1. The summed E-state index contributed by atoms with van der Waals surface area (Å²) in [6.45, 7) is 0. The standard InChI is InChI=1S/C14H11ClO2S/c15-14(16)9-5-6-12-10(7-9)8-17-11-3-1-2-4-13(11)18-12/h1,3,5-8,12H,2,4H2. The maximum atomic E-state index is 11.2.